The first-order chi connectivity index (χ1) is 13.6. The molecule has 1 aromatic heterocycles. The molecule has 156 valence electrons. The van der Waals surface area contributed by atoms with Crippen molar-refractivity contribution in [1.82, 2.24) is 9.80 Å². The van der Waals surface area contributed by atoms with Crippen molar-refractivity contribution in [2.75, 3.05) is 13.1 Å². The second kappa shape index (κ2) is 8.31. The van der Waals surface area contributed by atoms with E-state index in [1.807, 2.05) is 51.7 Å². The van der Waals surface area contributed by atoms with Gasteiger partial charge in [-0.3, -0.25) is 9.59 Å². The summed E-state index contributed by atoms with van der Waals surface area (Å²) in [5, 5.41) is 2.12. The van der Waals surface area contributed by atoms with Crippen molar-refractivity contribution < 1.29 is 9.59 Å². The van der Waals surface area contributed by atoms with Gasteiger partial charge in [-0.1, -0.05) is 45.0 Å². The molecule has 4 nitrogen and oxygen atoms in total. The second-order valence-corrected chi connectivity index (χ2v) is 10.2. The van der Waals surface area contributed by atoms with E-state index < -0.39 is 5.41 Å². The standard InChI is InChI=1S/C24H32N2O2S/c1-16(2)26(23(28)24(4,5)6)15-21(27)25-13-11-20-19(12-14-29-20)22(25)18-10-8-7-9-17(18)3/h7-10,12,14,16,22H,11,13,15H2,1-6H3/t22-/m1/s1. The summed E-state index contributed by atoms with van der Waals surface area (Å²) >= 11 is 1.77. The summed E-state index contributed by atoms with van der Waals surface area (Å²) < 4.78 is 0. The first-order valence-electron chi connectivity index (χ1n) is 10.3. The van der Waals surface area contributed by atoms with Gasteiger partial charge in [-0.2, -0.15) is 0 Å². The molecular formula is C24H32N2O2S. The van der Waals surface area contributed by atoms with Gasteiger partial charge in [0.2, 0.25) is 11.8 Å². The van der Waals surface area contributed by atoms with Crippen molar-refractivity contribution in [3.63, 3.8) is 0 Å². The zero-order chi connectivity index (χ0) is 21.3. The fraction of sp³-hybridized carbons (Fsp3) is 0.500. The van der Waals surface area contributed by atoms with Crippen molar-refractivity contribution >= 4 is 23.2 Å². The number of carbonyl (C=O) groups excluding carboxylic acids is 2. The van der Waals surface area contributed by atoms with Crippen LogP contribution in [0.5, 0.6) is 0 Å². The van der Waals surface area contributed by atoms with Gasteiger partial charge in [-0.05, 0) is 55.3 Å². The lowest BCUT2D eigenvalue weighted by Gasteiger charge is -2.39. The average Bonchev–Trinajstić information content (AvgIpc) is 3.13. The van der Waals surface area contributed by atoms with Gasteiger partial charge >= 0.3 is 0 Å². The molecule has 1 atom stereocenters. The third kappa shape index (κ3) is 4.40. The van der Waals surface area contributed by atoms with E-state index in [0.717, 1.165) is 6.42 Å². The Hall–Kier alpha value is -2.14. The molecule has 2 aromatic rings. The van der Waals surface area contributed by atoms with Crippen molar-refractivity contribution in [2.45, 2.75) is 60.0 Å². The molecule has 0 spiro atoms. The van der Waals surface area contributed by atoms with Gasteiger partial charge < -0.3 is 9.80 Å². The van der Waals surface area contributed by atoms with Crippen molar-refractivity contribution in [1.29, 1.82) is 0 Å². The van der Waals surface area contributed by atoms with E-state index in [-0.39, 0.29) is 30.4 Å². The van der Waals surface area contributed by atoms with Crippen molar-refractivity contribution in [3.05, 3.63) is 57.3 Å². The molecule has 0 saturated carbocycles. The first kappa shape index (κ1) is 21.6. The Morgan fingerprint density at radius 1 is 1.17 bits per heavy atom. The van der Waals surface area contributed by atoms with Gasteiger partial charge in [0.15, 0.2) is 0 Å². The summed E-state index contributed by atoms with van der Waals surface area (Å²) in [5.74, 6) is 0.0305. The maximum absolute atomic E-state index is 13.5. The van der Waals surface area contributed by atoms with Crippen LogP contribution in [0.2, 0.25) is 0 Å². The first-order valence-corrected chi connectivity index (χ1v) is 11.2. The highest BCUT2D eigenvalue weighted by Crippen LogP contribution is 2.39. The molecule has 3 rings (SSSR count). The topological polar surface area (TPSA) is 40.6 Å². The number of hydrogen-bond acceptors (Lipinski definition) is 3. The Morgan fingerprint density at radius 2 is 1.86 bits per heavy atom. The number of aryl methyl sites for hydroxylation is 1. The van der Waals surface area contributed by atoms with E-state index in [9.17, 15) is 9.59 Å². The summed E-state index contributed by atoms with van der Waals surface area (Å²) in [5.41, 5.74) is 3.06. The highest BCUT2D eigenvalue weighted by molar-refractivity contribution is 7.10. The molecule has 1 aliphatic heterocycles. The van der Waals surface area contributed by atoms with Gasteiger partial charge in [-0.25, -0.2) is 0 Å². The van der Waals surface area contributed by atoms with E-state index in [4.69, 9.17) is 0 Å². The molecule has 0 unspecified atom stereocenters. The maximum Gasteiger partial charge on any atom is 0.243 e. The molecule has 0 N–H and O–H groups in total. The minimum absolute atomic E-state index is 0.0152. The highest BCUT2D eigenvalue weighted by atomic mass is 32.1. The Balaban J connectivity index is 1.94. The molecule has 0 aliphatic carbocycles. The van der Waals surface area contributed by atoms with Crippen LogP contribution in [0.15, 0.2) is 35.7 Å². The van der Waals surface area contributed by atoms with E-state index in [0.29, 0.717) is 6.54 Å². The zero-order valence-corrected chi connectivity index (χ0v) is 19.2. The summed E-state index contributed by atoms with van der Waals surface area (Å²) in [6.45, 7) is 12.6. The van der Waals surface area contributed by atoms with Gasteiger partial charge in [-0.15, -0.1) is 11.3 Å². The smallest absolute Gasteiger partial charge is 0.243 e. The molecule has 29 heavy (non-hydrogen) atoms. The monoisotopic (exact) mass is 412 g/mol. The minimum atomic E-state index is -0.512. The van der Waals surface area contributed by atoms with Crippen LogP contribution in [0.1, 0.15) is 62.2 Å². The predicted molar refractivity (Wildman–Crippen MR) is 119 cm³/mol. The number of nitrogens with zero attached hydrogens (tertiary/aromatic N) is 2. The minimum Gasteiger partial charge on any atom is -0.331 e. The van der Waals surface area contributed by atoms with E-state index in [2.05, 4.69) is 30.5 Å². The lowest BCUT2D eigenvalue weighted by molar-refractivity contribution is -0.148. The van der Waals surface area contributed by atoms with Crippen LogP contribution in [0.4, 0.5) is 0 Å². The molecule has 1 aliphatic rings. The molecule has 2 heterocycles. The average molecular weight is 413 g/mol. The largest absolute Gasteiger partial charge is 0.331 e. The molecule has 0 bridgehead atoms. The lowest BCUT2D eigenvalue weighted by atomic mass is 9.90. The Kier molecular flexibility index (Phi) is 6.18. The van der Waals surface area contributed by atoms with Crippen LogP contribution >= 0.6 is 11.3 Å². The molecule has 5 heteroatoms. The predicted octanol–water partition coefficient (Wildman–Crippen LogP) is 4.81. The molecule has 0 fully saturated rings. The fourth-order valence-corrected chi connectivity index (χ4v) is 4.87. The molecule has 2 amide bonds. The maximum atomic E-state index is 13.5. The van der Waals surface area contributed by atoms with Crippen LogP contribution in [0, 0.1) is 12.3 Å². The van der Waals surface area contributed by atoms with Gasteiger partial charge in [0.1, 0.15) is 6.54 Å². The number of amides is 2. The summed E-state index contributed by atoms with van der Waals surface area (Å²) in [7, 11) is 0. The fourth-order valence-electron chi connectivity index (χ4n) is 3.97. The van der Waals surface area contributed by atoms with Crippen LogP contribution in [0.3, 0.4) is 0 Å². The number of thiophene rings is 1. The zero-order valence-electron chi connectivity index (χ0n) is 18.4. The van der Waals surface area contributed by atoms with E-state index >= 15 is 0 Å². The van der Waals surface area contributed by atoms with Crippen molar-refractivity contribution in [3.8, 4) is 0 Å². The number of fused-ring (bicyclic) bond motifs is 1. The van der Waals surface area contributed by atoms with Crippen molar-refractivity contribution in [2.24, 2.45) is 5.41 Å². The lowest BCUT2D eigenvalue weighted by Crippen LogP contribution is -2.51. The number of rotatable bonds is 4. The number of carbonyl (C=O) groups is 2. The second-order valence-electron chi connectivity index (χ2n) is 9.17. The van der Waals surface area contributed by atoms with Gasteiger partial charge in [0.25, 0.3) is 0 Å². The Morgan fingerprint density at radius 3 is 2.48 bits per heavy atom. The summed E-state index contributed by atoms with van der Waals surface area (Å²) in [4.78, 5) is 31.5. The molecule has 1 aromatic carbocycles. The van der Waals surface area contributed by atoms with Crippen LogP contribution < -0.4 is 0 Å². The van der Waals surface area contributed by atoms with Gasteiger partial charge in [0.05, 0.1) is 6.04 Å². The normalized spacial score (nSPS) is 16.7. The molecule has 0 radical (unpaired) electrons. The third-order valence-corrected chi connectivity index (χ3v) is 6.60. The quantitative estimate of drug-likeness (QED) is 0.723. The van der Waals surface area contributed by atoms with Crippen LogP contribution in [-0.2, 0) is 16.0 Å². The number of hydrogen-bond donors (Lipinski definition) is 0. The van der Waals surface area contributed by atoms with Gasteiger partial charge in [0, 0.05) is 22.9 Å². The summed E-state index contributed by atoms with van der Waals surface area (Å²) in [6.07, 6.45) is 0.871. The van der Waals surface area contributed by atoms with E-state index in [1.165, 1.54) is 21.6 Å². The molecule has 0 saturated heterocycles. The SMILES string of the molecule is Cc1ccccc1[C@@H]1c2ccsc2CCN1C(=O)CN(C(=O)C(C)(C)C)C(C)C. The highest BCUT2D eigenvalue weighted by Gasteiger charge is 2.36. The third-order valence-electron chi connectivity index (χ3n) is 5.60. The van der Waals surface area contributed by atoms with E-state index in [1.54, 1.807) is 16.2 Å². The summed E-state index contributed by atoms with van der Waals surface area (Å²) in [6, 6.07) is 10.3. The van der Waals surface area contributed by atoms with Crippen LogP contribution in [-0.4, -0.2) is 40.7 Å². The Bertz CT molecular complexity index is 894. The molecular weight excluding hydrogens is 380 g/mol. The Labute approximate surface area is 178 Å². The van der Waals surface area contributed by atoms with Crippen LogP contribution in [0.25, 0.3) is 0 Å². The number of benzene rings is 1.